The zero-order valence-corrected chi connectivity index (χ0v) is 22.0. The summed E-state index contributed by atoms with van der Waals surface area (Å²) in [6.07, 6.45) is -6.46. The third-order valence-corrected chi connectivity index (χ3v) is 7.62. The lowest BCUT2D eigenvalue weighted by Gasteiger charge is -2.36. The van der Waals surface area contributed by atoms with E-state index >= 15 is 0 Å². The summed E-state index contributed by atoms with van der Waals surface area (Å²) in [7, 11) is 0. The Bertz CT molecular complexity index is 1110. The first-order chi connectivity index (χ1) is 18.4. The van der Waals surface area contributed by atoms with Crippen LogP contribution in [-0.2, 0) is 17.1 Å². The molecule has 39 heavy (non-hydrogen) atoms. The van der Waals surface area contributed by atoms with Crippen LogP contribution in [0.1, 0.15) is 36.8 Å². The number of carbonyl (C=O) groups excluding carboxylic acids is 1. The smallest absolute Gasteiger partial charge is 0.382 e. The van der Waals surface area contributed by atoms with Crippen LogP contribution in [0.4, 0.5) is 37.7 Å². The number of carbonyl (C=O) groups is 1. The monoisotopic (exact) mass is 576 g/mol. The summed E-state index contributed by atoms with van der Waals surface area (Å²) in [5, 5.41) is 2.80. The zero-order chi connectivity index (χ0) is 28.2. The van der Waals surface area contributed by atoms with Crippen LogP contribution < -0.4 is 10.2 Å². The second-order valence-corrected chi connectivity index (χ2v) is 10.4. The van der Waals surface area contributed by atoms with Crippen LogP contribution in [0.3, 0.4) is 0 Å². The Morgan fingerprint density at radius 2 is 1.51 bits per heavy atom. The highest BCUT2D eigenvalue weighted by Crippen LogP contribution is 2.36. The molecule has 4 rings (SSSR count). The summed E-state index contributed by atoms with van der Waals surface area (Å²) in [6, 6.07) is 8.97. The maximum atomic E-state index is 13.1. The first-order valence-electron chi connectivity index (χ1n) is 13.0. The van der Waals surface area contributed by atoms with Gasteiger partial charge in [0.2, 0.25) is 5.91 Å². The number of rotatable bonds is 7. The van der Waals surface area contributed by atoms with E-state index in [1.807, 2.05) is 4.90 Å². The predicted molar refractivity (Wildman–Crippen MR) is 139 cm³/mol. The van der Waals surface area contributed by atoms with Crippen molar-refractivity contribution in [3.8, 4) is 0 Å². The maximum Gasteiger partial charge on any atom is 0.417 e. The fourth-order valence-electron chi connectivity index (χ4n) is 5.04. The lowest BCUT2D eigenvalue weighted by atomic mass is 10.0. The van der Waals surface area contributed by atoms with Gasteiger partial charge < -0.3 is 15.1 Å². The normalized spacial score (nSPS) is 17.9. The lowest BCUT2D eigenvalue weighted by Crippen LogP contribution is -2.47. The molecule has 0 atom stereocenters. The Labute approximate surface area is 228 Å². The first kappa shape index (κ1) is 29.3. The molecule has 2 aliphatic heterocycles. The van der Waals surface area contributed by atoms with Gasteiger partial charge in [-0.2, -0.15) is 26.3 Å². The number of alkyl halides is 6. The van der Waals surface area contributed by atoms with Crippen molar-refractivity contribution in [2.75, 3.05) is 56.0 Å². The summed E-state index contributed by atoms with van der Waals surface area (Å²) < 4.78 is 77.6. The molecule has 1 N–H and O–H groups in total. The number of nitrogens with zero attached hydrogens (tertiary/aromatic N) is 3. The van der Waals surface area contributed by atoms with Gasteiger partial charge in [0, 0.05) is 63.1 Å². The number of hydrogen-bond acceptors (Lipinski definition) is 4. The van der Waals surface area contributed by atoms with Crippen LogP contribution in [-0.4, -0.2) is 67.6 Å². The van der Waals surface area contributed by atoms with Gasteiger partial charge in [0.05, 0.1) is 16.1 Å². The minimum atomic E-state index is -4.52. The van der Waals surface area contributed by atoms with E-state index in [4.69, 9.17) is 11.6 Å². The fourth-order valence-corrected chi connectivity index (χ4v) is 5.27. The largest absolute Gasteiger partial charge is 0.417 e. The number of anilines is 2. The van der Waals surface area contributed by atoms with Gasteiger partial charge >= 0.3 is 12.4 Å². The number of piperazine rings is 1. The van der Waals surface area contributed by atoms with Gasteiger partial charge in [-0.1, -0.05) is 11.6 Å². The SMILES string of the molecule is O=C(CCCN1CCN(c2ccc(C(F)(F)F)cc2)CC1)N1CCC(Nc2ccc(Cl)c(C(F)(F)F)c2)CC1. The minimum Gasteiger partial charge on any atom is -0.382 e. The summed E-state index contributed by atoms with van der Waals surface area (Å²) in [5.41, 5.74) is -0.401. The second-order valence-electron chi connectivity index (χ2n) is 9.97. The van der Waals surface area contributed by atoms with Gasteiger partial charge in [0.1, 0.15) is 0 Å². The Hall–Kier alpha value is -2.66. The number of piperidine rings is 1. The molecule has 2 aromatic carbocycles. The van der Waals surface area contributed by atoms with Crippen molar-refractivity contribution in [2.45, 2.75) is 44.1 Å². The number of hydrogen-bond donors (Lipinski definition) is 1. The van der Waals surface area contributed by atoms with Crippen LogP contribution >= 0.6 is 11.6 Å². The van der Waals surface area contributed by atoms with Crippen molar-refractivity contribution in [3.63, 3.8) is 0 Å². The van der Waals surface area contributed by atoms with Crippen molar-refractivity contribution in [1.82, 2.24) is 9.80 Å². The number of nitrogens with one attached hydrogen (secondary N) is 1. The number of benzene rings is 2. The summed E-state index contributed by atoms with van der Waals surface area (Å²) in [5.74, 6) is 0.0719. The standard InChI is InChI=1S/C27H31ClF6N4O/c28-24-8-5-21(18-23(24)27(32,33)34)35-20-9-12-38(13-10-20)25(39)2-1-11-36-14-16-37(17-15-36)22-6-3-19(4-7-22)26(29,30)31/h3-8,18,20,35H,1-2,9-17H2. The molecule has 2 saturated heterocycles. The molecule has 1 amide bonds. The van der Waals surface area contributed by atoms with E-state index in [1.165, 1.54) is 24.3 Å². The van der Waals surface area contributed by atoms with Crippen LogP contribution in [0.15, 0.2) is 42.5 Å². The molecular formula is C27H31ClF6N4O. The molecular weight excluding hydrogens is 546 g/mol. The first-order valence-corrected chi connectivity index (χ1v) is 13.3. The van der Waals surface area contributed by atoms with Crippen molar-refractivity contribution >= 4 is 28.9 Å². The van der Waals surface area contributed by atoms with E-state index in [-0.39, 0.29) is 17.0 Å². The molecule has 2 fully saturated rings. The minimum absolute atomic E-state index is 0.0303. The van der Waals surface area contributed by atoms with Gasteiger partial charge in [-0.15, -0.1) is 0 Å². The summed E-state index contributed by atoms with van der Waals surface area (Å²) in [4.78, 5) is 18.8. The van der Waals surface area contributed by atoms with E-state index in [0.717, 1.165) is 43.5 Å². The molecule has 12 heteroatoms. The Morgan fingerprint density at radius 3 is 2.10 bits per heavy atom. The average molecular weight is 577 g/mol. The van der Waals surface area contributed by atoms with Gasteiger partial charge in [0.25, 0.3) is 0 Å². The molecule has 0 saturated carbocycles. The van der Waals surface area contributed by atoms with Crippen molar-refractivity contribution in [3.05, 3.63) is 58.6 Å². The van der Waals surface area contributed by atoms with E-state index in [9.17, 15) is 31.1 Å². The average Bonchev–Trinajstić information content (AvgIpc) is 2.89. The van der Waals surface area contributed by atoms with Crippen LogP contribution in [0.2, 0.25) is 5.02 Å². The van der Waals surface area contributed by atoms with Crippen LogP contribution in [0.5, 0.6) is 0 Å². The molecule has 0 aromatic heterocycles. The number of likely N-dealkylation sites (tertiary alicyclic amines) is 1. The third-order valence-electron chi connectivity index (χ3n) is 7.29. The van der Waals surface area contributed by atoms with Gasteiger partial charge in [-0.05, 0) is 68.3 Å². The lowest BCUT2D eigenvalue weighted by molar-refractivity contribution is -0.138. The van der Waals surface area contributed by atoms with E-state index in [2.05, 4.69) is 15.1 Å². The highest BCUT2D eigenvalue weighted by atomic mass is 35.5. The molecule has 2 aliphatic rings. The molecule has 0 aliphatic carbocycles. The second kappa shape index (κ2) is 12.2. The Kier molecular flexibility index (Phi) is 9.21. The molecule has 214 valence electrons. The van der Waals surface area contributed by atoms with Crippen LogP contribution in [0, 0.1) is 0 Å². The highest BCUT2D eigenvalue weighted by Gasteiger charge is 2.34. The molecule has 2 heterocycles. The predicted octanol–water partition coefficient (Wildman–Crippen LogP) is 6.38. The van der Waals surface area contributed by atoms with Crippen molar-refractivity contribution < 1.29 is 31.1 Å². The Morgan fingerprint density at radius 1 is 0.872 bits per heavy atom. The summed E-state index contributed by atoms with van der Waals surface area (Å²) >= 11 is 5.69. The molecule has 0 radical (unpaired) electrons. The Balaban J connectivity index is 1.14. The maximum absolute atomic E-state index is 13.1. The van der Waals surface area contributed by atoms with Crippen molar-refractivity contribution in [1.29, 1.82) is 0 Å². The zero-order valence-electron chi connectivity index (χ0n) is 21.3. The molecule has 0 bridgehead atoms. The number of amides is 1. The summed E-state index contributed by atoms with van der Waals surface area (Å²) in [6.45, 7) is 4.81. The number of halogens is 7. The molecule has 0 unspecified atom stereocenters. The van der Waals surface area contributed by atoms with E-state index in [1.54, 1.807) is 0 Å². The fraction of sp³-hybridized carbons (Fsp3) is 0.519. The topological polar surface area (TPSA) is 38.8 Å². The van der Waals surface area contributed by atoms with Crippen LogP contribution in [0.25, 0.3) is 0 Å². The quantitative estimate of drug-likeness (QED) is 0.388. The third kappa shape index (κ3) is 7.94. The molecule has 5 nitrogen and oxygen atoms in total. The van der Waals surface area contributed by atoms with Gasteiger partial charge in [-0.3, -0.25) is 9.69 Å². The van der Waals surface area contributed by atoms with Gasteiger partial charge in [-0.25, -0.2) is 0 Å². The van der Waals surface area contributed by atoms with E-state index < -0.39 is 23.5 Å². The van der Waals surface area contributed by atoms with Gasteiger partial charge in [0.15, 0.2) is 0 Å². The highest BCUT2D eigenvalue weighted by molar-refractivity contribution is 6.31. The van der Waals surface area contributed by atoms with Crippen molar-refractivity contribution in [2.24, 2.45) is 0 Å². The molecule has 2 aromatic rings. The van der Waals surface area contributed by atoms with E-state index in [0.29, 0.717) is 57.5 Å². The molecule has 0 spiro atoms.